The smallest absolute Gasteiger partial charge is 0.325 e. The van der Waals surface area contributed by atoms with E-state index in [9.17, 15) is 14.4 Å². The number of carboxylic acid groups (broad SMARTS) is 1. The summed E-state index contributed by atoms with van der Waals surface area (Å²) in [5, 5.41) is 11.4. The molecule has 0 fully saturated rings. The zero-order chi connectivity index (χ0) is 18.2. The lowest BCUT2D eigenvalue weighted by atomic mass is 9.91. The zero-order valence-electron chi connectivity index (χ0n) is 13.9. The largest absolute Gasteiger partial charge is 0.480 e. The maximum atomic E-state index is 12.5. The van der Waals surface area contributed by atoms with Gasteiger partial charge in [0.15, 0.2) is 5.78 Å². The van der Waals surface area contributed by atoms with Crippen LogP contribution in [0.4, 0.5) is 0 Å². The summed E-state index contributed by atoms with van der Waals surface area (Å²) in [4.78, 5) is 39.8. The average molecular weight is 340 g/mol. The number of rotatable bonds is 8. The lowest BCUT2D eigenvalue weighted by Crippen LogP contribution is -2.42. The Morgan fingerprint density at radius 2 is 1.72 bits per heavy atom. The summed E-state index contributed by atoms with van der Waals surface area (Å²) in [6, 6.07) is 11.3. The number of carbonyl (C=O) groups is 3. The SMILES string of the molecule is C[C@H](NC(=O)[C@H](CC(=O)c1ccccc1)Cc1ccncc1)C(=O)O. The standard InChI is InChI=1S/C19H20N2O4/c1-13(19(24)25)21-18(23)16(11-14-7-9-20-10-8-14)12-17(22)15-5-3-2-4-6-15/h2-10,13,16H,11-12H2,1H3,(H,21,23)(H,24,25)/t13-,16-/m0/s1. The van der Waals surface area contributed by atoms with Crippen LogP contribution in [0.25, 0.3) is 0 Å². The van der Waals surface area contributed by atoms with Crippen LogP contribution in [0.2, 0.25) is 0 Å². The molecular formula is C19H20N2O4. The number of amides is 1. The van der Waals surface area contributed by atoms with Gasteiger partial charge in [0, 0.05) is 30.3 Å². The molecule has 0 radical (unpaired) electrons. The van der Waals surface area contributed by atoms with Gasteiger partial charge in [-0.05, 0) is 31.0 Å². The van der Waals surface area contributed by atoms with Crippen molar-refractivity contribution in [1.82, 2.24) is 10.3 Å². The van der Waals surface area contributed by atoms with Crippen LogP contribution in [0.3, 0.4) is 0 Å². The summed E-state index contributed by atoms with van der Waals surface area (Å²) < 4.78 is 0. The number of carbonyl (C=O) groups excluding carboxylic acids is 2. The number of benzene rings is 1. The minimum atomic E-state index is -1.12. The molecule has 1 amide bonds. The van der Waals surface area contributed by atoms with Crippen molar-refractivity contribution in [3.63, 3.8) is 0 Å². The van der Waals surface area contributed by atoms with E-state index in [4.69, 9.17) is 5.11 Å². The van der Waals surface area contributed by atoms with Crippen molar-refractivity contribution in [2.24, 2.45) is 5.92 Å². The van der Waals surface area contributed by atoms with Gasteiger partial charge in [0.25, 0.3) is 0 Å². The van der Waals surface area contributed by atoms with E-state index in [1.165, 1.54) is 6.92 Å². The van der Waals surface area contributed by atoms with Gasteiger partial charge in [-0.3, -0.25) is 19.4 Å². The van der Waals surface area contributed by atoms with Gasteiger partial charge in [-0.1, -0.05) is 30.3 Å². The first kappa shape index (κ1) is 18.3. The molecule has 25 heavy (non-hydrogen) atoms. The lowest BCUT2D eigenvalue weighted by Gasteiger charge is -2.18. The third kappa shape index (κ3) is 5.53. The third-order valence-electron chi connectivity index (χ3n) is 3.86. The van der Waals surface area contributed by atoms with Gasteiger partial charge in [-0.25, -0.2) is 0 Å². The predicted octanol–water partition coefficient (Wildman–Crippen LogP) is 2.10. The molecule has 0 spiro atoms. The quantitative estimate of drug-likeness (QED) is 0.718. The Labute approximate surface area is 145 Å². The molecule has 2 rings (SSSR count). The first-order valence-corrected chi connectivity index (χ1v) is 7.97. The second-order valence-corrected chi connectivity index (χ2v) is 5.82. The summed E-state index contributed by atoms with van der Waals surface area (Å²) in [5.41, 5.74) is 1.39. The monoisotopic (exact) mass is 340 g/mol. The number of carboxylic acids is 1. The average Bonchev–Trinajstić information content (AvgIpc) is 2.62. The minimum Gasteiger partial charge on any atom is -0.480 e. The van der Waals surface area contributed by atoms with Crippen molar-refractivity contribution in [2.45, 2.75) is 25.8 Å². The Bertz CT molecular complexity index is 732. The summed E-state index contributed by atoms with van der Waals surface area (Å²) in [7, 11) is 0. The van der Waals surface area contributed by atoms with Crippen LogP contribution in [0.5, 0.6) is 0 Å². The number of Topliss-reactive ketones (excluding diaryl/α,β-unsaturated/α-hetero) is 1. The Morgan fingerprint density at radius 3 is 2.32 bits per heavy atom. The molecule has 6 nitrogen and oxygen atoms in total. The maximum Gasteiger partial charge on any atom is 0.325 e. The van der Waals surface area contributed by atoms with E-state index in [2.05, 4.69) is 10.3 Å². The fraction of sp³-hybridized carbons (Fsp3) is 0.263. The van der Waals surface area contributed by atoms with E-state index in [1.54, 1.807) is 48.8 Å². The fourth-order valence-electron chi connectivity index (χ4n) is 2.42. The molecule has 0 bridgehead atoms. The highest BCUT2D eigenvalue weighted by atomic mass is 16.4. The van der Waals surface area contributed by atoms with E-state index in [1.807, 2.05) is 6.07 Å². The topological polar surface area (TPSA) is 96.4 Å². The number of hydrogen-bond donors (Lipinski definition) is 2. The van der Waals surface area contributed by atoms with Crippen LogP contribution in [0, 0.1) is 5.92 Å². The molecule has 6 heteroatoms. The Morgan fingerprint density at radius 1 is 1.08 bits per heavy atom. The molecule has 0 aliphatic heterocycles. The van der Waals surface area contributed by atoms with Crippen molar-refractivity contribution in [3.8, 4) is 0 Å². The van der Waals surface area contributed by atoms with Crippen molar-refractivity contribution in [3.05, 3.63) is 66.0 Å². The highest BCUT2D eigenvalue weighted by Crippen LogP contribution is 2.16. The van der Waals surface area contributed by atoms with Crippen molar-refractivity contribution < 1.29 is 19.5 Å². The summed E-state index contributed by atoms with van der Waals surface area (Å²) >= 11 is 0. The van der Waals surface area contributed by atoms with Crippen LogP contribution in [0.15, 0.2) is 54.9 Å². The molecule has 0 aliphatic carbocycles. The molecule has 130 valence electrons. The van der Waals surface area contributed by atoms with Crippen LogP contribution < -0.4 is 5.32 Å². The van der Waals surface area contributed by atoms with E-state index in [0.29, 0.717) is 12.0 Å². The minimum absolute atomic E-state index is 0.00447. The number of ketones is 1. The fourth-order valence-corrected chi connectivity index (χ4v) is 2.42. The molecule has 0 aliphatic rings. The molecule has 2 N–H and O–H groups in total. The van der Waals surface area contributed by atoms with Gasteiger partial charge in [0.2, 0.25) is 5.91 Å². The number of aromatic nitrogens is 1. The zero-order valence-corrected chi connectivity index (χ0v) is 13.9. The molecule has 1 aromatic heterocycles. The van der Waals surface area contributed by atoms with Crippen molar-refractivity contribution in [1.29, 1.82) is 0 Å². The van der Waals surface area contributed by atoms with Crippen LogP contribution in [-0.2, 0) is 16.0 Å². The molecule has 0 saturated carbocycles. The highest BCUT2D eigenvalue weighted by molar-refractivity contribution is 5.99. The molecule has 0 saturated heterocycles. The normalized spacial score (nSPS) is 12.8. The van der Waals surface area contributed by atoms with E-state index in [0.717, 1.165) is 5.56 Å². The second-order valence-electron chi connectivity index (χ2n) is 5.82. The number of hydrogen-bond acceptors (Lipinski definition) is 4. The molecule has 1 aromatic carbocycles. The second kappa shape index (κ2) is 8.73. The molecule has 2 atom stereocenters. The number of nitrogens with one attached hydrogen (secondary N) is 1. The van der Waals surface area contributed by atoms with Crippen LogP contribution in [0.1, 0.15) is 29.3 Å². The number of pyridine rings is 1. The van der Waals surface area contributed by atoms with Crippen LogP contribution in [-0.4, -0.2) is 33.8 Å². The molecule has 1 heterocycles. The Kier molecular flexibility index (Phi) is 6.39. The predicted molar refractivity (Wildman–Crippen MR) is 92.1 cm³/mol. The van der Waals surface area contributed by atoms with E-state index in [-0.39, 0.29) is 12.2 Å². The van der Waals surface area contributed by atoms with Gasteiger partial charge >= 0.3 is 5.97 Å². The summed E-state index contributed by atoms with van der Waals surface area (Å²) in [6.45, 7) is 1.39. The van der Waals surface area contributed by atoms with Crippen molar-refractivity contribution >= 4 is 17.7 Å². The molecular weight excluding hydrogens is 320 g/mol. The maximum absolute atomic E-state index is 12.5. The van der Waals surface area contributed by atoms with Gasteiger partial charge in [0.1, 0.15) is 6.04 Å². The number of aliphatic carboxylic acids is 1. The lowest BCUT2D eigenvalue weighted by molar-refractivity contribution is -0.141. The van der Waals surface area contributed by atoms with E-state index < -0.39 is 23.8 Å². The summed E-state index contributed by atoms with van der Waals surface area (Å²) in [6.07, 6.45) is 3.57. The first-order valence-electron chi connectivity index (χ1n) is 7.97. The Hall–Kier alpha value is -3.02. The van der Waals surface area contributed by atoms with Gasteiger partial charge in [-0.2, -0.15) is 0 Å². The Balaban J connectivity index is 2.15. The van der Waals surface area contributed by atoms with Gasteiger partial charge in [-0.15, -0.1) is 0 Å². The third-order valence-corrected chi connectivity index (χ3v) is 3.86. The van der Waals surface area contributed by atoms with Crippen molar-refractivity contribution in [2.75, 3.05) is 0 Å². The molecule has 2 aromatic rings. The summed E-state index contributed by atoms with van der Waals surface area (Å²) in [5.74, 6) is -2.38. The molecule has 0 unspecified atom stereocenters. The van der Waals surface area contributed by atoms with Gasteiger partial charge in [0.05, 0.1) is 0 Å². The number of nitrogens with zero attached hydrogens (tertiary/aromatic N) is 1. The van der Waals surface area contributed by atoms with Crippen LogP contribution >= 0.6 is 0 Å². The highest BCUT2D eigenvalue weighted by Gasteiger charge is 2.25. The first-order chi connectivity index (χ1) is 12.0. The van der Waals surface area contributed by atoms with Gasteiger partial charge < -0.3 is 10.4 Å². The van der Waals surface area contributed by atoms with E-state index >= 15 is 0 Å².